The minimum Gasteiger partial charge on any atom is -0.497 e. The molecular formula is C21H23F3N2O3S. The first-order valence-electron chi connectivity index (χ1n) is 9.64. The van der Waals surface area contributed by atoms with Crippen molar-refractivity contribution in [2.75, 3.05) is 7.11 Å². The van der Waals surface area contributed by atoms with Gasteiger partial charge in [-0.3, -0.25) is 9.59 Å². The van der Waals surface area contributed by atoms with Crippen LogP contribution in [-0.2, 0) is 16.1 Å². The van der Waals surface area contributed by atoms with E-state index in [-0.39, 0.29) is 12.6 Å². The fourth-order valence-electron chi connectivity index (χ4n) is 3.59. The standard InChI is InChI=1S/C21H23F3N2O3S/c1-29-16-10-8-14(9-11-16)13-26(20(28)21(22,23)24)18(17-7-4-12-30-17)19(27)25-15-5-2-3-6-15/h4,7-12,15,18H,2-3,5-6,13H2,1H3,(H,25,27)/t18-/m0/s1. The first-order chi connectivity index (χ1) is 14.3. The molecule has 1 heterocycles. The molecule has 2 aromatic rings. The lowest BCUT2D eigenvalue weighted by atomic mass is 10.1. The summed E-state index contributed by atoms with van der Waals surface area (Å²) in [4.78, 5) is 26.4. The lowest BCUT2D eigenvalue weighted by Crippen LogP contribution is -2.49. The molecule has 1 atom stereocenters. The monoisotopic (exact) mass is 440 g/mol. The average Bonchev–Trinajstić information content (AvgIpc) is 3.41. The summed E-state index contributed by atoms with van der Waals surface area (Å²) >= 11 is 1.15. The maximum atomic E-state index is 13.5. The predicted molar refractivity (Wildman–Crippen MR) is 107 cm³/mol. The Labute approximate surface area is 176 Å². The van der Waals surface area contributed by atoms with Crippen LogP contribution >= 0.6 is 11.3 Å². The van der Waals surface area contributed by atoms with Crippen molar-refractivity contribution < 1.29 is 27.5 Å². The number of rotatable bonds is 7. The zero-order chi connectivity index (χ0) is 21.7. The van der Waals surface area contributed by atoms with Crippen LogP contribution in [0, 0.1) is 0 Å². The zero-order valence-corrected chi connectivity index (χ0v) is 17.3. The Bertz CT molecular complexity index is 847. The number of carbonyl (C=O) groups is 2. The molecule has 5 nitrogen and oxygen atoms in total. The number of hydrogen-bond acceptors (Lipinski definition) is 4. The number of amides is 2. The summed E-state index contributed by atoms with van der Waals surface area (Å²) in [6, 6.07) is 8.15. The summed E-state index contributed by atoms with van der Waals surface area (Å²) < 4.78 is 45.4. The highest BCUT2D eigenvalue weighted by molar-refractivity contribution is 7.10. The third kappa shape index (κ3) is 5.33. The first kappa shape index (κ1) is 22.1. The van der Waals surface area contributed by atoms with Gasteiger partial charge in [0.1, 0.15) is 11.8 Å². The minimum atomic E-state index is -5.10. The third-order valence-electron chi connectivity index (χ3n) is 5.09. The quantitative estimate of drug-likeness (QED) is 0.692. The Hall–Kier alpha value is -2.55. The number of nitrogens with one attached hydrogen (secondary N) is 1. The molecular weight excluding hydrogens is 417 g/mol. The van der Waals surface area contributed by atoms with Crippen molar-refractivity contribution in [2.24, 2.45) is 0 Å². The van der Waals surface area contributed by atoms with Gasteiger partial charge < -0.3 is 15.0 Å². The number of benzene rings is 1. The smallest absolute Gasteiger partial charge is 0.471 e. The van der Waals surface area contributed by atoms with Crippen LogP contribution in [0.25, 0.3) is 0 Å². The zero-order valence-electron chi connectivity index (χ0n) is 16.4. The summed E-state index contributed by atoms with van der Waals surface area (Å²) in [5, 5.41) is 4.52. The SMILES string of the molecule is COc1ccc(CN(C(=O)C(F)(F)F)[C@H](C(=O)NC2CCCC2)c2cccs2)cc1. The van der Waals surface area contributed by atoms with Crippen LogP contribution < -0.4 is 10.1 Å². The molecule has 1 aliphatic rings. The van der Waals surface area contributed by atoms with E-state index in [0.717, 1.165) is 37.0 Å². The number of thiophene rings is 1. The fourth-order valence-corrected chi connectivity index (χ4v) is 4.43. The van der Waals surface area contributed by atoms with E-state index in [0.29, 0.717) is 21.1 Å². The molecule has 30 heavy (non-hydrogen) atoms. The van der Waals surface area contributed by atoms with E-state index >= 15 is 0 Å². The normalized spacial score (nSPS) is 15.6. The molecule has 0 unspecified atom stereocenters. The minimum absolute atomic E-state index is 0.0798. The molecule has 1 aromatic heterocycles. The summed E-state index contributed by atoms with van der Waals surface area (Å²) in [5.41, 5.74) is 0.462. The molecule has 3 rings (SSSR count). The molecule has 9 heteroatoms. The number of methoxy groups -OCH3 is 1. The van der Waals surface area contributed by atoms with Crippen molar-refractivity contribution in [3.63, 3.8) is 0 Å². The number of ether oxygens (including phenoxy) is 1. The van der Waals surface area contributed by atoms with E-state index in [1.54, 1.807) is 41.8 Å². The highest BCUT2D eigenvalue weighted by Gasteiger charge is 2.47. The van der Waals surface area contributed by atoms with E-state index in [1.165, 1.54) is 7.11 Å². The number of alkyl halides is 3. The second kappa shape index (κ2) is 9.51. The topological polar surface area (TPSA) is 58.6 Å². The van der Waals surface area contributed by atoms with Gasteiger partial charge in [-0.05, 0) is 42.0 Å². The molecule has 0 aliphatic heterocycles. The Balaban J connectivity index is 1.94. The highest BCUT2D eigenvalue weighted by Crippen LogP contribution is 2.32. The second-order valence-electron chi connectivity index (χ2n) is 7.19. The first-order valence-corrected chi connectivity index (χ1v) is 10.5. The van der Waals surface area contributed by atoms with Crippen molar-refractivity contribution in [3.05, 3.63) is 52.2 Å². The van der Waals surface area contributed by atoms with Gasteiger partial charge in [0.15, 0.2) is 0 Å². The molecule has 1 N–H and O–H groups in total. The third-order valence-corrected chi connectivity index (χ3v) is 6.01. The number of carbonyl (C=O) groups excluding carboxylic acids is 2. The van der Waals surface area contributed by atoms with Crippen LogP contribution in [0.5, 0.6) is 5.75 Å². The van der Waals surface area contributed by atoms with Gasteiger partial charge in [0.25, 0.3) is 0 Å². The molecule has 0 radical (unpaired) electrons. The van der Waals surface area contributed by atoms with E-state index in [4.69, 9.17) is 4.74 Å². The highest BCUT2D eigenvalue weighted by atomic mass is 32.1. The summed E-state index contributed by atoms with van der Waals surface area (Å²) in [6.45, 7) is -0.358. The van der Waals surface area contributed by atoms with Crippen LogP contribution in [0.2, 0.25) is 0 Å². The predicted octanol–water partition coefficient (Wildman–Crippen LogP) is 4.45. The molecule has 1 saturated carbocycles. The van der Waals surface area contributed by atoms with Gasteiger partial charge >= 0.3 is 12.1 Å². The average molecular weight is 440 g/mol. The van der Waals surface area contributed by atoms with E-state index < -0.39 is 24.0 Å². The molecule has 2 amide bonds. The summed E-state index contributed by atoms with van der Waals surface area (Å²) in [6.07, 6.45) is -1.60. The Morgan fingerprint density at radius 2 is 1.87 bits per heavy atom. The van der Waals surface area contributed by atoms with E-state index in [1.807, 2.05) is 0 Å². The van der Waals surface area contributed by atoms with Gasteiger partial charge in [0, 0.05) is 17.5 Å². The Kier molecular flexibility index (Phi) is 7.02. The van der Waals surface area contributed by atoms with Crippen LogP contribution in [0.1, 0.15) is 42.2 Å². The van der Waals surface area contributed by atoms with Crippen molar-refractivity contribution in [3.8, 4) is 5.75 Å². The molecule has 1 aromatic carbocycles. The van der Waals surface area contributed by atoms with Crippen LogP contribution in [-0.4, -0.2) is 36.0 Å². The Morgan fingerprint density at radius 3 is 2.40 bits per heavy atom. The lowest BCUT2D eigenvalue weighted by molar-refractivity contribution is -0.189. The van der Waals surface area contributed by atoms with Crippen molar-refractivity contribution >= 4 is 23.2 Å². The van der Waals surface area contributed by atoms with Gasteiger partial charge in [-0.25, -0.2) is 0 Å². The van der Waals surface area contributed by atoms with E-state index in [2.05, 4.69) is 5.32 Å². The molecule has 162 valence electrons. The maximum Gasteiger partial charge on any atom is 0.471 e. The maximum absolute atomic E-state index is 13.5. The molecule has 0 spiro atoms. The fraction of sp³-hybridized carbons (Fsp3) is 0.429. The number of halogens is 3. The van der Waals surface area contributed by atoms with E-state index in [9.17, 15) is 22.8 Å². The van der Waals surface area contributed by atoms with Crippen LogP contribution in [0.15, 0.2) is 41.8 Å². The molecule has 0 bridgehead atoms. The van der Waals surface area contributed by atoms with Gasteiger partial charge in [-0.2, -0.15) is 13.2 Å². The largest absolute Gasteiger partial charge is 0.497 e. The van der Waals surface area contributed by atoms with Crippen molar-refractivity contribution in [1.29, 1.82) is 0 Å². The van der Waals surface area contributed by atoms with Gasteiger partial charge in [-0.1, -0.05) is 31.0 Å². The van der Waals surface area contributed by atoms with Crippen LogP contribution in [0.3, 0.4) is 0 Å². The summed E-state index contributed by atoms with van der Waals surface area (Å²) in [5.74, 6) is -2.09. The van der Waals surface area contributed by atoms with Gasteiger partial charge in [0.05, 0.1) is 7.11 Å². The van der Waals surface area contributed by atoms with Gasteiger partial charge in [0.2, 0.25) is 5.91 Å². The number of nitrogens with zero attached hydrogens (tertiary/aromatic N) is 1. The van der Waals surface area contributed by atoms with Crippen molar-refractivity contribution in [2.45, 2.75) is 50.5 Å². The molecule has 0 saturated heterocycles. The van der Waals surface area contributed by atoms with Crippen molar-refractivity contribution in [1.82, 2.24) is 10.2 Å². The Morgan fingerprint density at radius 1 is 1.20 bits per heavy atom. The molecule has 1 aliphatic carbocycles. The van der Waals surface area contributed by atoms with Crippen LogP contribution in [0.4, 0.5) is 13.2 Å². The molecule has 1 fully saturated rings. The lowest BCUT2D eigenvalue weighted by Gasteiger charge is -2.32. The number of hydrogen-bond donors (Lipinski definition) is 1. The second-order valence-corrected chi connectivity index (χ2v) is 8.17. The summed E-state index contributed by atoms with van der Waals surface area (Å²) in [7, 11) is 1.48. The van der Waals surface area contributed by atoms with Gasteiger partial charge in [-0.15, -0.1) is 11.3 Å².